The van der Waals surface area contributed by atoms with E-state index in [1.165, 1.54) is 6.07 Å². The molecule has 0 amide bonds. The van der Waals surface area contributed by atoms with Gasteiger partial charge in [-0.2, -0.15) is 0 Å². The molecule has 2 nitrogen and oxygen atoms in total. The van der Waals surface area contributed by atoms with Crippen LogP contribution in [0, 0.1) is 12.7 Å². The van der Waals surface area contributed by atoms with Gasteiger partial charge in [0.05, 0.1) is 6.61 Å². The van der Waals surface area contributed by atoms with Crippen LogP contribution in [0.5, 0.6) is 5.75 Å². The zero-order valence-corrected chi connectivity index (χ0v) is 12.8. The summed E-state index contributed by atoms with van der Waals surface area (Å²) in [6.45, 7) is 4.62. The number of aryl methyl sites for hydroxylation is 1. The second kappa shape index (κ2) is 7.23. The summed E-state index contributed by atoms with van der Waals surface area (Å²) in [5.41, 5.74) is 3.22. The molecular weight excluding hydrogens is 265 g/mol. The second-order valence-electron chi connectivity index (χ2n) is 5.09. The van der Waals surface area contributed by atoms with Gasteiger partial charge in [0.15, 0.2) is 0 Å². The normalized spacial score (nSPS) is 12.2. The molecule has 0 aliphatic rings. The minimum absolute atomic E-state index is 0.0910. The van der Waals surface area contributed by atoms with Crippen molar-refractivity contribution in [2.75, 3.05) is 13.7 Å². The smallest absolute Gasteiger partial charge is 0.124 e. The van der Waals surface area contributed by atoms with Crippen molar-refractivity contribution in [2.45, 2.75) is 26.3 Å². The standard InChI is InChI=1S/C18H22FNO/c1-4-21-18-8-6-5-7-16(18)17(20-3)12-14-11-15(19)10-9-13(14)2/h5-11,17,20H,4,12H2,1-3H3. The number of hydrogen-bond acceptors (Lipinski definition) is 2. The van der Waals surface area contributed by atoms with E-state index in [9.17, 15) is 4.39 Å². The molecule has 2 aromatic rings. The molecule has 2 aromatic carbocycles. The van der Waals surface area contributed by atoms with Crippen LogP contribution < -0.4 is 10.1 Å². The lowest BCUT2D eigenvalue weighted by molar-refractivity contribution is 0.332. The second-order valence-corrected chi connectivity index (χ2v) is 5.09. The average molecular weight is 287 g/mol. The number of para-hydroxylation sites is 1. The maximum atomic E-state index is 13.5. The van der Waals surface area contributed by atoms with Gasteiger partial charge in [-0.05, 0) is 56.6 Å². The molecule has 0 aliphatic carbocycles. The number of hydrogen-bond donors (Lipinski definition) is 1. The van der Waals surface area contributed by atoms with Crippen molar-refractivity contribution in [2.24, 2.45) is 0 Å². The Morgan fingerprint density at radius 1 is 1.19 bits per heavy atom. The molecule has 0 aliphatic heterocycles. The van der Waals surface area contributed by atoms with Gasteiger partial charge in [-0.1, -0.05) is 24.3 Å². The maximum Gasteiger partial charge on any atom is 0.124 e. The van der Waals surface area contributed by atoms with Gasteiger partial charge in [0.25, 0.3) is 0 Å². The molecule has 0 aromatic heterocycles. The SMILES string of the molecule is CCOc1ccccc1C(Cc1cc(F)ccc1C)NC. The Kier molecular flexibility index (Phi) is 5.34. The van der Waals surface area contributed by atoms with Crippen LogP contribution in [-0.2, 0) is 6.42 Å². The van der Waals surface area contributed by atoms with Gasteiger partial charge >= 0.3 is 0 Å². The van der Waals surface area contributed by atoms with E-state index >= 15 is 0 Å². The predicted octanol–water partition coefficient (Wildman–Crippen LogP) is 4.04. The summed E-state index contributed by atoms with van der Waals surface area (Å²) in [6.07, 6.45) is 0.726. The molecule has 1 unspecified atom stereocenters. The number of likely N-dealkylation sites (N-methyl/N-ethyl adjacent to an activating group) is 1. The molecule has 0 spiro atoms. The molecule has 21 heavy (non-hydrogen) atoms. The van der Waals surface area contributed by atoms with Gasteiger partial charge in [-0.3, -0.25) is 0 Å². The van der Waals surface area contributed by atoms with Gasteiger partial charge in [0, 0.05) is 11.6 Å². The number of ether oxygens (including phenoxy) is 1. The van der Waals surface area contributed by atoms with E-state index in [2.05, 4.69) is 11.4 Å². The third-order valence-corrected chi connectivity index (χ3v) is 3.68. The fourth-order valence-electron chi connectivity index (χ4n) is 2.50. The lowest BCUT2D eigenvalue weighted by Crippen LogP contribution is -2.20. The van der Waals surface area contributed by atoms with E-state index in [0.717, 1.165) is 28.9 Å². The fourth-order valence-corrected chi connectivity index (χ4v) is 2.50. The van der Waals surface area contributed by atoms with Crippen molar-refractivity contribution in [1.29, 1.82) is 0 Å². The summed E-state index contributed by atoms with van der Waals surface area (Å²) in [4.78, 5) is 0. The zero-order chi connectivity index (χ0) is 15.2. The molecule has 3 heteroatoms. The van der Waals surface area contributed by atoms with E-state index in [0.29, 0.717) is 6.61 Å². The van der Waals surface area contributed by atoms with Crippen LogP contribution in [0.2, 0.25) is 0 Å². The summed E-state index contributed by atoms with van der Waals surface area (Å²) in [7, 11) is 1.92. The third kappa shape index (κ3) is 3.82. The molecule has 1 N–H and O–H groups in total. The first-order valence-corrected chi connectivity index (χ1v) is 7.29. The molecule has 112 valence electrons. The first kappa shape index (κ1) is 15.5. The van der Waals surface area contributed by atoms with E-state index in [-0.39, 0.29) is 11.9 Å². The van der Waals surface area contributed by atoms with Gasteiger partial charge in [-0.15, -0.1) is 0 Å². The molecular formula is C18H22FNO. The summed E-state index contributed by atoms with van der Waals surface area (Å²) in [5, 5.41) is 3.31. The van der Waals surface area contributed by atoms with Gasteiger partial charge < -0.3 is 10.1 Å². The fraction of sp³-hybridized carbons (Fsp3) is 0.333. The van der Waals surface area contributed by atoms with E-state index in [1.54, 1.807) is 6.07 Å². The molecule has 0 saturated carbocycles. The number of nitrogens with one attached hydrogen (secondary N) is 1. The van der Waals surface area contributed by atoms with Crippen molar-refractivity contribution in [3.8, 4) is 5.75 Å². The topological polar surface area (TPSA) is 21.3 Å². The highest BCUT2D eigenvalue weighted by molar-refractivity contribution is 5.38. The molecule has 2 rings (SSSR count). The van der Waals surface area contributed by atoms with Crippen molar-refractivity contribution < 1.29 is 9.13 Å². The average Bonchev–Trinajstić information content (AvgIpc) is 2.49. The highest BCUT2D eigenvalue weighted by Crippen LogP contribution is 2.28. The highest BCUT2D eigenvalue weighted by atomic mass is 19.1. The Balaban J connectivity index is 2.30. The molecule has 0 saturated heterocycles. The Labute approximate surface area is 126 Å². The Morgan fingerprint density at radius 2 is 1.95 bits per heavy atom. The van der Waals surface area contributed by atoms with Crippen LogP contribution in [0.1, 0.15) is 29.7 Å². The summed E-state index contributed by atoms with van der Waals surface area (Å²) >= 11 is 0. The largest absolute Gasteiger partial charge is 0.494 e. The number of rotatable bonds is 6. The van der Waals surface area contributed by atoms with Crippen LogP contribution in [0.4, 0.5) is 4.39 Å². The zero-order valence-electron chi connectivity index (χ0n) is 12.8. The first-order valence-electron chi connectivity index (χ1n) is 7.29. The lowest BCUT2D eigenvalue weighted by atomic mass is 9.95. The van der Waals surface area contributed by atoms with E-state index < -0.39 is 0 Å². The van der Waals surface area contributed by atoms with Crippen LogP contribution in [0.15, 0.2) is 42.5 Å². The van der Waals surface area contributed by atoms with Gasteiger partial charge in [0.1, 0.15) is 11.6 Å². The number of halogens is 1. The van der Waals surface area contributed by atoms with Crippen molar-refractivity contribution >= 4 is 0 Å². The minimum atomic E-state index is -0.191. The van der Waals surface area contributed by atoms with Gasteiger partial charge in [0.2, 0.25) is 0 Å². The monoisotopic (exact) mass is 287 g/mol. The predicted molar refractivity (Wildman–Crippen MR) is 84.3 cm³/mol. The molecule has 0 fully saturated rings. The van der Waals surface area contributed by atoms with Crippen molar-refractivity contribution in [3.63, 3.8) is 0 Å². The summed E-state index contributed by atoms with van der Waals surface area (Å²) < 4.78 is 19.2. The highest BCUT2D eigenvalue weighted by Gasteiger charge is 2.16. The van der Waals surface area contributed by atoms with Crippen molar-refractivity contribution in [1.82, 2.24) is 5.32 Å². The van der Waals surface area contributed by atoms with Crippen LogP contribution in [0.25, 0.3) is 0 Å². The Morgan fingerprint density at radius 3 is 2.67 bits per heavy atom. The quantitative estimate of drug-likeness (QED) is 0.866. The Hall–Kier alpha value is -1.87. The third-order valence-electron chi connectivity index (χ3n) is 3.68. The summed E-state index contributed by atoms with van der Waals surface area (Å²) in [5.74, 6) is 0.692. The molecule has 0 radical (unpaired) electrons. The van der Waals surface area contributed by atoms with Crippen LogP contribution in [0.3, 0.4) is 0 Å². The minimum Gasteiger partial charge on any atom is -0.494 e. The first-order chi connectivity index (χ1) is 10.2. The van der Waals surface area contributed by atoms with Crippen molar-refractivity contribution in [3.05, 3.63) is 65.0 Å². The van der Waals surface area contributed by atoms with Gasteiger partial charge in [-0.25, -0.2) is 4.39 Å². The number of benzene rings is 2. The van der Waals surface area contributed by atoms with E-state index in [4.69, 9.17) is 4.74 Å². The maximum absolute atomic E-state index is 13.5. The Bertz CT molecular complexity index is 598. The lowest BCUT2D eigenvalue weighted by Gasteiger charge is -2.21. The van der Waals surface area contributed by atoms with Crippen LogP contribution >= 0.6 is 0 Å². The summed E-state index contributed by atoms with van der Waals surface area (Å²) in [6, 6.07) is 13.0. The van der Waals surface area contributed by atoms with Crippen LogP contribution in [-0.4, -0.2) is 13.7 Å². The molecule has 0 heterocycles. The molecule has 0 bridgehead atoms. The van der Waals surface area contributed by atoms with E-state index in [1.807, 2.05) is 45.2 Å². The molecule has 1 atom stereocenters.